The van der Waals surface area contributed by atoms with Gasteiger partial charge in [0.25, 0.3) is 5.91 Å². The van der Waals surface area contributed by atoms with Crippen LogP contribution in [0.25, 0.3) is 28.2 Å². The summed E-state index contributed by atoms with van der Waals surface area (Å²) in [6, 6.07) is 13.8. The highest BCUT2D eigenvalue weighted by Gasteiger charge is 2.31. The van der Waals surface area contributed by atoms with Crippen molar-refractivity contribution in [3.63, 3.8) is 0 Å². The third kappa shape index (κ3) is 5.87. The van der Waals surface area contributed by atoms with Crippen LogP contribution < -0.4 is 10.6 Å². The molecule has 0 aliphatic heterocycles. The number of benzene rings is 2. The van der Waals surface area contributed by atoms with E-state index in [-0.39, 0.29) is 17.2 Å². The Morgan fingerprint density at radius 2 is 1.85 bits per heavy atom. The number of hydrogen-bond acceptors (Lipinski definition) is 6. The summed E-state index contributed by atoms with van der Waals surface area (Å²) in [6.45, 7) is 2.63. The lowest BCUT2D eigenvalue weighted by atomic mass is 10.0. The van der Waals surface area contributed by atoms with Crippen molar-refractivity contribution in [2.75, 3.05) is 30.9 Å². The van der Waals surface area contributed by atoms with Gasteiger partial charge in [-0.2, -0.15) is 18.3 Å². The van der Waals surface area contributed by atoms with Crippen molar-refractivity contribution in [1.29, 1.82) is 0 Å². The van der Waals surface area contributed by atoms with Gasteiger partial charge in [0.05, 0.1) is 29.7 Å². The smallest absolute Gasteiger partial charge is 0.383 e. The molecule has 0 aliphatic carbocycles. The number of pyridine rings is 1. The molecule has 41 heavy (non-hydrogen) atoms. The molecule has 2 N–H and O–H groups in total. The maximum atomic E-state index is 14.1. The number of nitrogens with zero attached hydrogens (tertiary/aromatic N) is 4. The fraction of sp³-hybridized carbons (Fsp3) is 0.172. The first-order chi connectivity index (χ1) is 19.7. The van der Waals surface area contributed by atoms with E-state index < -0.39 is 17.6 Å². The van der Waals surface area contributed by atoms with Crippen LogP contribution in [0.15, 0.2) is 73.1 Å². The normalized spacial score (nSPS) is 11.6. The molecule has 0 spiro atoms. The Labute approximate surface area is 232 Å². The molecule has 0 aliphatic rings. The minimum absolute atomic E-state index is 0.107. The maximum Gasteiger partial charge on any atom is 0.416 e. The number of fused-ring (bicyclic) bond motifs is 1. The molecular weight excluding hydrogens is 540 g/mol. The quantitative estimate of drug-likeness (QED) is 0.171. The Morgan fingerprint density at radius 1 is 1.02 bits per heavy atom. The van der Waals surface area contributed by atoms with Crippen LogP contribution in [0.3, 0.4) is 0 Å². The van der Waals surface area contributed by atoms with Crippen LogP contribution in [-0.4, -0.2) is 45.8 Å². The molecule has 210 valence electrons. The van der Waals surface area contributed by atoms with E-state index in [4.69, 9.17) is 9.72 Å². The number of anilines is 2. The number of nitrogens with one attached hydrogen (secondary N) is 2. The summed E-state index contributed by atoms with van der Waals surface area (Å²) < 4.78 is 60.3. The first-order valence-corrected chi connectivity index (χ1v) is 12.5. The standard InChI is InChI=1S/C29H24F4N6O2/c1-17-14-18(6-7-22(17)30)25-26(39-27(38-25)23(9-11-36-39)34-12-13-41-2)19-8-10-35-24(16-19)37-28(40)20-4-3-5-21(15-20)29(31,32)33/h3-11,14-16,34H,12-13H2,1-2H3,(H,35,37,40). The molecule has 3 aromatic heterocycles. The summed E-state index contributed by atoms with van der Waals surface area (Å²) in [4.78, 5) is 21.9. The second-order valence-corrected chi connectivity index (χ2v) is 9.14. The predicted molar refractivity (Wildman–Crippen MR) is 146 cm³/mol. The maximum absolute atomic E-state index is 14.1. The number of ether oxygens (including phenoxy) is 1. The van der Waals surface area contributed by atoms with Gasteiger partial charge in [0.2, 0.25) is 0 Å². The van der Waals surface area contributed by atoms with Gasteiger partial charge in [-0.15, -0.1) is 0 Å². The molecule has 0 saturated carbocycles. The van der Waals surface area contributed by atoms with Crippen LogP contribution in [0.1, 0.15) is 21.5 Å². The monoisotopic (exact) mass is 564 g/mol. The molecule has 8 nitrogen and oxygen atoms in total. The SMILES string of the molecule is COCCNc1ccnn2c(-c3ccnc(NC(=O)c4cccc(C(F)(F)F)c4)c3)c(-c3ccc(F)c(C)c3)nc12. The van der Waals surface area contributed by atoms with Crippen molar-refractivity contribution in [2.24, 2.45) is 0 Å². The van der Waals surface area contributed by atoms with Gasteiger partial charge in [-0.3, -0.25) is 4.79 Å². The Bertz CT molecular complexity index is 1730. The number of aromatic nitrogens is 4. The number of imidazole rings is 1. The summed E-state index contributed by atoms with van der Waals surface area (Å²) in [6.07, 6.45) is -1.53. The van der Waals surface area contributed by atoms with E-state index in [2.05, 4.69) is 20.7 Å². The Balaban J connectivity index is 1.58. The minimum atomic E-state index is -4.59. The van der Waals surface area contributed by atoms with Gasteiger partial charge < -0.3 is 15.4 Å². The molecule has 0 saturated heterocycles. The Kier molecular flexibility index (Phi) is 7.66. The molecule has 0 unspecified atom stereocenters. The second-order valence-electron chi connectivity index (χ2n) is 9.14. The molecule has 0 atom stereocenters. The topological polar surface area (TPSA) is 93.4 Å². The number of halogens is 4. The summed E-state index contributed by atoms with van der Waals surface area (Å²) in [5, 5.41) is 10.3. The number of methoxy groups -OCH3 is 1. The number of carbonyl (C=O) groups is 1. The lowest BCUT2D eigenvalue weighted by molar-refractivity contribution is -0.137. The second kappa shape index (κ2) is 11.3. The Morgan fingerprint density at radius 3 is 2.61 bits per heavy atom. The van der Waals surface area contributed by atoms with Gasteiger partial charge in [-0.25, -0.2) is 18.9 Å². The number of alkyl halides is 3. The van der Waals surface area contributed by atoms with Crippen molar-refractivity contribution in [3.8, 4) is 22.5 Å². The van der Waals surface area contributed by atoms with E-state index in [0.717, 1.165) is 12.1 Å². The highest BCUT2D eigenvalue weighted by molar-refractivity contribution is 6.04. The molecular formula is C29H24F4N6O2. The zero-order valence-corrected chi connectivity index (χ0v) is 22.0. The zero-order valence-electron chi connectivity index (χ0n) is 22.0. The molecule has 0 fully saturated rings. The van der Waals surface area contributed by atoms with E-state index in [1.807, 2.05) is 0 Å². The van der Waals surface area contributed by atoms with E-state index in [9.17, 15) is 22.4 Å². The predicted octanol–water partition coefficient (Wildman–Crippen LogP) is 6.24. The first-order valence-electron chi connectivity index (χ1n) is 12.5. The molecule has 1 amide bonds. The van der Waals surface area contributed by atoms with Crippen LogP contribution in [0.2, 0.25) is 0 Å². The van der Waals surface area contributed by atoms with Crippen molar-refractivity contribution in [2.45, 2.75) is 13.1 Å². The average molecular weight is 565 g/mol. The molecule has 2 aromatic carbocycles. The van der Waals surface area contributed by atoms with Crippen molar-refractivity contribution < 1.29 is 27.1 Å². The number of rotatable bonds is 8. The molecule has 3 heterocycles. The number of hydrogen-bond donors (Lipinski definition) is 2. The van der Waals surface area contributed by atoms with Crippen LogP contribution in [0, 0.1) is 12.7 Å². The fourth-order valence-corrected chi connectivity index (χ4v) is 4.30. The van der Waals surface area contributed by atoms with Crippen LogP contribution in [0.4, 0.5) is 29.1 Å². The van der Waals surface area contributed by atoms with Crippen LogP contribution >= 0.6 is 0 Å². The number of amides is 1. The Hall–Kier alpha value is -4.84. The molecule has 12 heteroatoms. The van der Waals surface area contributed by atoms with E-state index in [0.29, 0.717) is 52.6 Å². The van der Waals surface area contributed by atoms with Crippen molar-refractivity contribution >= 4 is 23.1 Å². The fourth-order valence-electron chi connectivity index (χ4n) is 4.30. The average Bonchev–Trinajstić information content (AvgIpc) is 3.35. The van der Waals surface area contributed by atoms with Gasteiger partial charge in [0, 0.05) is 36.5 Å². The summed E-state index contributed by atoms with van der Waals surface area (Å²) in [5.74, 6) is -1.01. The number of aryl methyl sites for hydroxylation is 1. The van der Waals surface area contributed by atoms with Crippen molar-refractivity contribution in [3.05, 3.63) is 95.6 Å². The van der Waals surface area contributed by atoms with E-state index >= 15 is 0 Å². The third-order valence-electron chi connectivity index (χ3n) is 6.30. The largest absolute Gasteiger partial charge is 0.416 e. The van der Waals surface area contributed by atoms with Gasteiger partial charge in [0.1, 0.15) is 17.3 Å². The third-order valence-corrected chi connectivity index (χ3v) is 6.30. The summed E-state index contributed by atoms with van der Waals surface area (Å²) in [7, 11) is 1.60. The molecule has 0 radical (unpaired) electrons. The lowest BCUT2D eigenvalue weighted by Gasteiger charge is -2.11. The highest BCUT2D eigenvalue weighted by Crippen LogP contribution is 2.35. The lowest BCUT2D eigenvalue weighted by Crippen LogP contribution is -2.14. The van der Waals surface area contributed by atoms with Gasteiger partial charge in [-0.05, 0) is 67.1 Å². The van der Waals surface area contributed by atoms with Crippen LogP contribution in [0.5, 0.6) is 0 Å². The van der Waals surface area contributed by atoms with E-state index in [1.165, 1.54) is 24.4 Å². The van der Waals surface area contributed by atoms with Gasteiger partial charge in [0.15, 0.2) is 5.65 Å². The summed E-state index contributed by atoms with van der Waals surface area (Å²) >= 11 is 0. The van der Waals surface area contributed by atoms with Crippen LogP contribution in [-0.2, 0) is 10.9 Å². The molecule has 5 aromatic rings. The van der Waals surface area contributed by atoms with E-state index in [1.54, 1.807) is 55.1 Å². The molecule has 0 bridgehead atoms. The highest BCUT2D eigenvalue weighted by atomic mass is 19.4. The van der Waals surface area contributed by atoms with Gasteiger partial charge >= 0.3 is 6.18 Å². The first kappa shape index (κ1) is 27.7. The summed E-state index contributed by atoms with van der Waals surface area (Å²) in [5.41, 5.74) is 2.76. The minimum Gasteiger partial charge on any atom is -0.383 e. The number of carbonyl (C=O) groups excluding carboxylic acids is 1. The van der Waals surface area contributed by atoms with Crippen molar-refractivity contribution in [1.82, 2.24) is 19.6 Å². The zero-order chi connectivity index (χ0) is 29.1. The molecule has 5 rings (SSSR count). The van der Waals surface area contributed by atoms with Gasteiger partial charge in [-0.1, -0.05) is 6.07 Å².